The molecule has 0 atom stereocenters. The van der Waals surface area contributed by atoms with Crippen LogP contribution in [0.5, 0.6) is 0 Å². The first kappa shape index (κ1) is 19.4. The fourth-order valence-electron chi connectivity index (χ4n) is 3.45. The molecule has 0 radical (unpaired) electrons. The maximum atomic E-state index is 12.8. The van der Waals surface area contributed by atoms with Crippen LogP contribution < -0.4 is 14.9 Å². The van der Waals surface area contributed by atoms with E-state index in [4.69, 9.17) is 0 Å². The lowest BCUT2D eigenvalue weighted by molar-refractivity contribution is 0.0949. The molecule has 1 heterocycles. The number of aryl methyl sites for hydroxylation is 1. The third-order valence-electron chi connectivity index (χ3n) is 5.26. The monoisotopic (exact) mass is 413 g/mol. The number of fused-ring (bicyclic) bond motifs is 1. The zero-order chi connectivity index (χ0) is 20.8. The first-order chi connectivity index (χ1) is 13.7. The highest BCUT2D eigenvalue weighted by Crippen LogP contribution is 2.31. The molecule has 0 spiro atoms. The molecular weight excluding hydrogens is 390 g/mol. The minimum Gasteiger partial charge on any atom is -0.349 e. The van der Waals surface area contributed by atoms with Gasteiger partial charge in [0.15, 0.2) is 0 Å². The summed E-state index contributed by atoms with van der Waals surface area (Å²) in [6.07, 6.45) is 3.77. The molecule has 2 aliphatic rings. The third-order valence-corrected chi connectivity index (χ3v) is 6.44. The maximum absolute atomic E-state index is 12.8. The van der Waals surface area contributed by atoms with Gasteiger partial charge in [-0.05, 0) is 67.6 Å². The first-order valence-electron chi connectivity index (χ1n) is 9.56. The van der Waals surface area contributed by atoms with Crippen LogP contribution in [0.2, 0.25) is 0 Å². The summed E-state index contributed by atoms with van der Waals surface area (Å²) in [5.41, 5.74) is 3.85. The summed E-state index contributed by atoms with van der Waals surface area (Å²) in [6.45, 7) is 2.25. The standard InChI is InChI=1S/C21H23N3O4S/c1-13-3-4-16(20(25)22-17-6-7-17)12-18(13)23-21(26)15-5-8-19-14(11-15)9-10-24(19)29(2,27)28/h3-5,8,11-12,17H,6-7,9-10H2,1-2H3,(H,22,25)(H,23,26). The van der Waals surface area contributed by atoms with E-state index in [1.165, 1.54) is 10.6 Å². The molecule has 0 bridgehead atoms. The van der Waals surface area contributed by atoms with Crippen molar-refractivity contribution in [2.24, 2.45) is 0 Å². The van der Waals surface area contributed by atoms with E-state index >= 15 is 0 Å². The highest BCUT2D eigenvalue weighted by molar-refractivity contribution is 7.92. The molecule has 0 aromatic heterocycles. The van der Waals surface area contributed by atoms with Gasteiger partial charge in [0, 0.05) is 29.4 Å². The molecule has 1 aliphatic heterocycles. The predicted molar refractivity (Wildman–Crippen MR) is 112 cm³/mol. The van der Waals surface area contributed by atoms with Gasteiger partial charge < -0.3 is 10.6 Å². The fraction of sp³-hybridized carbons (Fsp3) is 0.333. The summed E-state index contributed by atoms with van der Waals surface area (Å²) < 4.78 is 25.1. The molecule has 1 saturated carbocycles. The Morgan fingerprint density at radius 1 is 1.03 bits per heavy atom. The zero-order valence-electron chi connectivity index (χ0n) is 16.4. The van der Waals surface area contributed by atoms with Crippen LogP contribution in [-0.4, -0.2) is 39.1 Å². The number of carbonyl (C=O) groups is 2. The second-order valence-corrected chi connectivity index (χ2v) is 9.57. The maximum Gasteiger partial charge on any atom is 0.255 e. The highest BCUT2D eigenvalue weighted by atomic mass is 32.2. The molecule has 0 saturated heterocycles. The van der Waals surface area contributed by atoms with Crippen molar-refractivity contribution in [3.05, 3.63) is 58.7 Å². The largest absolute Gasteiger partial charge is 0.349 e. The Balaban J connectivity index is 1.53. The van der Waals surface area contributed by atoms with Crippen LogP contribution in [-0.2, 0) is 16.4 Å². The first-order valence-corrected chi connectivity index (χ1v) is 11.4. The summed E-state index contributed by atoms with van der Waals surface area (Å²) >= 11 is 0. The van der Waals surface area contributed by atoms with Gasteiger partial charge in [0.1, 0.15) is 0 Å². The molecule has 1 fully saturated rings. The zero-order valence-corrected chi connectivity index (χ0v) is 17.2. The second-order valence-electron chi connectivity index (χ2n) is 7.66. The van der Waals surface area contributed by atoms with Crippen LogP contribution in [0.1, 0.15) is 44.7 Å². The van der Waals surface area contributed by atoms with Crippen molar-refractivity contribution in [2.75, 3.05) is 22.4 Å². The molecule has 4 rings (SSSR count). The van der Waals surface area contributed by atoms with Crippen molar-refractivity contribution >= 4 is 33.2 Å². The van der Waals surface area contributed by atoms with E-state index in [1.807, 2.05) is 13.0 Å². The van der Waals surface area contributed by atoms with E-state index in [1.54, 1.807) is 30.3 Å². The molecule has 2 N–H and O–H groups in total. The average Bonchev–Trinajstić information content (AvgIpc) is 3.36. The van der Waals surface area contributed by atoms with Crippen molar-refractivity contribution < 1.29 is 18.0 Å². The summed E-state index contributed by atoms with van der Waals surface area (Å²) in [4.78, 5) is 25.0. The topological polar surface area (TPSA) is 95.6 Å². The number of nitrogens with zero attached hydrogens (tertiary/aromatic N) is 1. The van der Waals surface area contributed by atoms with Crippen LogP contribution in [0.3, 0.4) is 0 Å². The van der Waals surface area contributed by atoms with Gasteiger partial charge in [-0.2, -0.15) is 0 Å². The van der Waals surface area contributed by atoms with Crippen LogP contribution in [0.4, 0.5) is 11.4 Å². The summed E-state index contributed by atoms with van der Waals surface area (Å²) in [6, 6.07) is 10.5. The summed E-state index contributed by atoms with van der Waals surface area (Å²) in [7, 11) is -3.33. The lowest BCUT2D eigenvalue weighted by Crippen LogP contribution is -2.27. The lowest BCUT2D eigenvalue weighted by atomic mass is 10.1. The Morgan fingerprint density at radius 3 is 2.41 bits per heavy atom. The molecule has 2 aromatic carbocycles. The molecule has 152 valence electrons. The smallest absolute Gasteiger partial charge is 0.255 e. The molecule has 0 unspecified atom stereocenters. The SMILES string of the molecule is Cc1ccc(C(=O)NC2CC2)cc1NC(=O)c1ccc2c(c1)CCN2S(C)(=O)=O. The number of hydrogen-bond acceptors (Lipinski definition) is 4. The van der Waals surface area contributed by atoms with Crippen LogP contribution >= 0.6 is 0 Å². The molecule has 29 heavy (non-hydrogen) atoms. The Labute approximate surface area is 170 Å². The van der Waals surface area contributed by atoms with E-state index < -0.39 is 10.0 Å². The van der Waals surface area contributed by atoms with Gasteiger partial charge in [-0.25, -0.2) is 8.42 Å². The van der Waals surface area contributed by atoms with E-state index in [-0.39, 0.29) is 17.9 Å². The van der Waals surface area contributed by atoms with E-state index in [0.29, 0.717) is 35.5 Å². The minimum absolute atomic E-state index is 0.138. The quantitative estimate of drug-likeness (QED) is 0.787. The van der Waals surface area contributed by atoms with Crippen molar-refractivity contribution in [3.8, 4) is 0 Å². The number of hydrogen-bond donors (Lipinski definition) is 2. The van der Waals surface area contributed by atoms with E-state index in [2.05, 4.69) is 10.6 Å². The number of anilines is 2. The number of carbonyl (C=O) groups excluding carboxylic acids is 2. The Bertz CT molecular complexity index is 1110. The van der Waals surface area contributed by atoms with E-state index in [0.717, 1.165) is 24.0 Å². The molecule has 2 amide bonds. The highest BCUT2D eigenvalue weighted by Gasteiger charge is 2.27. The van der Waals surface area contributed by atoms with Crippen LogP contribution in [0, 0.1) is 6.92 Å². The number of rotatable bonds is 5. The van der Waals surface area contributed by atoms with Crippen LogP contribution in [0.15, 0.2) is 36.4 Å². The number of nitrogens with one attached hydrogen (secondary N) is 2. The summed E-state index contributed by atoms with van der Waals surface area (Å²) in [5.74, 6) is -0.435. The van der Waals surface area contributed by atoms with Gasteiger partial charge >= 0.3 is 0 Å². The molecule has 8 heteroatoms. The van der Waals surface area contributed by atoms with Crippen LogP contribution in [0.25, 0.3) is 0 Å². The second kappa shape index (κ2) is 7.18. The Morgan fingerprint density at radius 2 is 1.72 bits per heavy atom. The van der Waals surface area contributed by atoms with Crippen molar-refractivity contribution in [1.29, 1.82) is 0 Å². The predicted octanol–water partition coefficient (Wildman–Crippen LogP) is 2.46. The van der Waals surface area contributed by atoms with Gasteiger partial charge in [0.05, 0.1) is 11.9 Å². The number of sulfonamides is 1. The van der Waals surface area contributed by atoms with E-state index in [9.17, 15) is 18.0 Å². The molecule has 7 nitrogen and oxygen atoms in total. The van der Waals surface area contributed by atoms with Gasteiger partial charge in [-0.1, -0.05) is 6.07 Å². The summed E-state index contributed by atoms with van der Waals surface area (Å²) in [5, 5.41) is 5.81. The molecular formula is C21H23N3O4S. The van der Waals surface area contributed by atoms with Gasteiger partial charge in [-0.15, -0.1) is 0 Å². The third kappa shape index (κ3) is 4.12. The number of amides is 2. The average molecular weight is 413 g/mol. The Hall–Kier alpha value is -2.87. The van der Waals surface area contributed by atoms with Gasteiger partial charge in [-0.3, -0.25) is 13.9 Å². The van der Waals surface area contributed by atoms with Gasteiger partial charge in [0.2, 0.25) is 10.0 Å². The molecule has 2 aromatic rings. The lowest BCUT2D eigenvalue weighted by Gasteiger charge is -2.16. The number of benzene rings is 2. The normalized spacial score (nSPS) is 15.7. The van der Waals surface area contributed by atoms with Crippen molar-refractivity contribution in [1.82, 2.24) is 5.32 Å². The molecule has 1 aliphatic carbocycles. The van der Waals surface area contributed by atoms with Gasteiger partial charge in [0.25, 0.3) is 11.8 Å². The fourth-order valence-corrected chi connectivity index (χ4v) is 4.40. The van der Waals surface area contributed by atoms with Crippen molar-refractivity contribution in [2.45, 2.75) is 32.2 Å². The Kier molecular flexibility index (Phi) is 4.82. The van der Waals surface area contributed by atoms with Crippen molar-refractivity contribution in [3.63, 3.8) is 0 Å². The minimum atomic E-state index is -3.33.